The van der Waals surface area contributed by atoms with Gasteiger partial charge in [-0.1, -0.05) is 105 Å². The van der Waals surface area contributed by atoms with Gasteiger partial charge in [0.2, 0.25) is 37.8 Å². The molecule has 0 aromatic heterocycles. The van der Waals surface area contributed by atoms with Crippen LogP contribution in [0.25, 0.3) is 33.4 Å². The Balaban J connectivity index is 0.000000170. The lowest BCUT2D eigenvalue weighted by Crippen LogP contribution is -2.44. The summed E-state index contributed by atoms with van der Waals surface area (Å²) in [6.07, 6.45) is 5.12. The van der Waals surface area contributed by atoms with Gasteiger partial charge in [0.1, 0.15) is 42.7 Å². The molecule has 1 aliphatic carbocycles. The molecule has 3 heterocycles. The zero-order valence-corrected chi connectivity index (χ0v) is 67.3. The maximum atomic E-state index is 15.5. The van der Waals surface area contributed by atoms with Gasteiger partial charge in [-0.25, -0.2) is 53.2 Å². The van der Waals surface area contributed by atoms with Gasteiger partial charge in [0.25, 0.3) is 0 Å². The van der Waals surface area contributed by atoms with Crippen molar-refractivity contribution in [2.75, 3.05) is 92.7 Å². The van der Waals surface area contributed by atoms with Gasteiger partial charge in [-0.3, -0.25) is 23.8 Å². The number of aryl methyl sites for hydroxylation is 3. The Bertz CT molecular complexity index is 5340. The summed E-state index contributed by atoms with van der Waals surface area (Å²) >= 11 is 0. The van der Waals surface area contributed by atoms with Crippen molar-refractivity contribution in [1.29, 1.82) is 0 Å². The number of urea groups is 3. The van der Waals surface area contributed by atoms with Crippen LogP contribution in [0, 0.1) is 49.9 Å². The molecule has 3 saturated heterocycles. The Morgan fingerprint density at radius 1 is 0.487 bits per heavy atom. The summed E-state index contributed by atoms with van der Waals surface area (Å²) in [7, 11) is -8.33. The van der Waals surface area contributed by atoms with Gasteiger partial charge in [-0.05, 0) is 207 Å². The largest absolute Gasteiger partial charge is 0.383 e. The van der Waals surface area contributed by atoms with E-state index in [2.05, 4.69) is 41.3 Å². The lowest BCUT2D eigenvalue weighted by Gasteiger charge is -2.25. The Morgan fingerprint density at radius 3 is 1.36 bits per heavy atom. The van der Waals surface area contributed by atoms with Crippen LogP contribution < -0.4 is 61.3 Å². The molecule has 4 atom stereocenters. The number of rotatable bonds is 21. The third-order valence-corrected chi connectivity index (χ3v) is 22.4. The molecule has 4 aliphatic rings. The van der Waals surface area contributed by atoms with Crippen molar-refractivity contribution in [2.24, 2.45) is 0 Å². The lowest BCUT2D eigenvalue weighted by molar-refractivity contribution is -0.119. The standard InChI is InChI=1S/C28H29F3N3O4P.C28H29FN4O4S.C28H31FN4O4S/c1-16-9-11-21(20(29)13-16)32-28(36)33-22-14-17(15-38-2)34(27(22)35)23-12-10-19(25(30)26(23)31)18-7-5-6-8-24(18)39(3,4)37;1-17-7-11-24(22(29)15-17)30-28(35)31-25-13-14-33(27(25)34)26-12-10-19(16-21(26)18-8-9-18)20-5-3-4-6-23(20)32-38(2,36)37;1-17(2)21-16-19(20-7-5-6-8-23(20)32-38(4,36)37)10-12-26(21)33-14-13-25(27(33)34)31-28(35)30-24-11-9-18(3)15-22(24)29/h5-13,17,22H,14-15H2,1-4H3,(H2,32,33,36);3-7,10-12,15-16,18,25,32H,8-9,13-14H2,1-2H3,(H2,30,31,35);5-12,15-17,25,32H,13-14H2,1-4H3,(H2,30,31,35)/t17-,22+;2*25-/m011/s1. The zero-order chi connectivity index (χ0) is 83.1. The first-order chi connectivity index (χ1) is 54.4. The van der Waals surface area contributed by atoms with Gasteiger partial charge in [-0.2, -0.15) is 0 Å². The number of nitrogens with zero attached hydrogens (tertiary/aromatic N) is 3. The maximum Gasteiger partial charge on any atom is 0.319 e. The van der Waals surface area contributed by atoms with E-state index in [-0.39, 0.29) is 59.1 Å². The predicted octanol–water partition coefficient (Wildman–Crippen LogP) is 15.5. The van der Waals surface area contributed by atoms with E-state index in [1.54, 1.807) is 111 Å². The number of methoxy groups -OCH3 is 1. The average Bonchev–Trinajstić information content (AvgIpc) is 1.73. The number of ether oxygens (including phenoxy) is 1. The fourth-order valence-corrected chi connectivity index (χ4v) is 16.5. The Hall–Kier alpha value is -11.5. The molecule has 604 valence electrons. The molecule has 0 bridgehead atoms. The van der Waals surface area contributed by atoms with E-state index in [1.165, 1.54) is 55.6 Å². The van der Waals surface area contributed by atoms with E-state index >= 15 is 8.78 Å². The van der Waals surface area contributed by atoms with Crippen molar-refractivity contribution >= 4 is 114 Å². The van der Waals surface area contributed by atoms with Crippen molar-refractivity contribution in [2.45, 2.75) is 103 Å². The van der Waals surface area contributed by atoms with Gasteiger partial charge in [0.15, 0.2) is 11.6 Å². The molecule has 0 spiro atoms. The minimum Gasteiger partial charge on any atom is -0.383 e. The van der Waals surface area contributed by atoms with Crippen LogP contribution in [0.4, 0.5) is 81.8 Å². The molecule has 1 saturated carbocycles. The normalized spacial score (nSPS) is 16.8. The molecule has 4 fully saturated rings. The van der Waals surface area contributed by atoms with E-state index in [0.717, 1.165) is 86.1 Å². The highest BCUT2D eigenvalue weighted by atomic mass is 32.2. The summed E-state index contributed by atoms with van der Waals surface area (Å²) in [6, 6.07) is 42.8. The predicted molar refractivity (Wildman–Crippen MR) is 441 cm³/mol. The molecular weight excluding hydrogens is 1550 g/mol. The molecule has 8 N–H and O–H groups in total. The average molecular weight is 1630 g/mol. The molecule has 115 heavy (non-hydrogen) atoms. The summed E-state index contributed by atoms with van der Waals surface area (Å²) in [6.45, 7) is 13.2. The van der Waals surface area contributed by atoms with Crippen molar-refractivity contribution < 1.29 is 76.9 Å². The minimum absolute atomic E-state index is 0.00136. The van der Waals surface area contributed by atoms with Crippen LogP contribution in [0.5, 0.6) is 0 Å². The molecule has 0 unspecified atom stereocenters. The van der Waals surface area contributed by atoms with E-state index in [0.29, 0.717) is 59.7 Å². The van der Waals surface area contributed by atoms with E-state index in [9.17, 15) is 63.3 Å². The van der Waals surface area contributed by atoms with Gasteiger partial charge in [0, 0.05) is 53.6 Å². The second-order valence-electron chi connectivity index (χ2n) is 29.5. The van der Waals surface area contributed by atoms with Crippen molar-refractivity contribution in [3.63, 3.8) is 0 Å². The van der Waals surface area contributed by atoms with E-state index in [4.69, 9.17) is 4.74 Å². The second kappa shape index (κ2) is 35.5. The number of carbonyl (C=O) groups is 6. The third-order valence-electron chi connectivity index (χ3n) is 19.7. The Morgan fingerprint density at radius 2 is 0.913 bits per heavy atom. The van der Waals surface area contributed by atoms with Gasteiger partial charge >= 0.3 is 18.1 Å². The molecule has 31 heteroatoms. The second-order valence-corrected chi connectivity index (χ2v) is 36.1. The van der Waals surface area contributed by atoms with Gasteiger partial charge < -0.3 is 55.9 Å². The lowest BCUT2D eigenvalue weighted by atomic mass is 9.94. The number of nitrogens with one attached hydrogen (secondary N) is 8. The SMILES string of the molecule is COC[C@@H]1C[C@@H](NC(=O)Nc2ccc(C)cc2F)C(=O)N1c1ccc(-c2ccccc2P(C)(C)=O)c(F)c1F.Cc1ccc(NC(=O)N[C@@H]2CCN(c3ccc(-c4ccccc4NS(C)(=O)=O)cc3C(C)C)C2=O)c(F)c1.Cc1ccc(NC(=O)N[C@@H]2CCN(c3ccc(-c4ccccc4NS(C)(=O)=O)cc3C3CC3)C2=O)c(F)c1. The first kappa shape index (κ1) is 84.4. The monoisotopic (exact) mass is 1630 g/mol. The number of hydrogen-bond donors (Lipinski definition) is 8. The molecule has 13 rings (SSSR count). The first-order valence-electron chi connectivity index (χ1n) is 36.9. The molecule has 3 aliphatic heterocycles. The highest BCUT2D eigenvalue weighted by Crippen LogP contribution is 2.48. The van der Waals surface area contributed by atoms with Crippen LogP contribution in [0.1, 0.15) is 85.6 Å². The van der Waals surface area contributed by atoms with Crippen molar-refractivity contribution in [3.05, 3.63) is 233 Å². The minimum atomic E-state index is -3.47. The number of carbonyl (C=O) groups excluding carboxylic acids is 6. The number of sulfonamides is 2. The summed E-state index contributed by atoms with van der Waals surface area (Å²) in [5, 5.41) is 15.6. The number of para-hydroxylation sites is 2. The Kier molecular flexibility index (Phi) is 26.1. The number of amides is 9. The molecule has 23 nitrogen and oxygen atoms in total. The van der Waals surface area contributed by atoms with Crippen molar-refractivity contribution in [3.8, 4) is 33.4 Å². The number of halogens is 5. The topological polar surface area (TPSA) is 303 Å². The Labute approximate surface area is 664 Å². The quantitative estimate of drug-likeness (QED) is 0.0246. The molecule has 9 amide bonds. The van der Waals surface area contributed by atoms with Crippen LogP contribution >= 0.6 is 7.14 Å². The third kappa shape index (κ3) is 20.7. The van der Waals surface area contributed by atoms with Crippen LogP contribution in [0.15, 0.2) is 176 Å². The van der Waals surface area contributed by atoms with Crippen LogP contribution in [0.3, 0.4) is 0 Å². The smallest absolute Gasteiger partial charge is 0.319 e. The summed E-state index contributed by atoms with van der Waals surface area (Å²) in [4.78, 5) is 81.9. The first-order valence-corrected chi connectivity index (χ1v) is 43.3. The van der Waals surface area contributed by atoms with Crippen LogP contribution in [0.2, 0.25) is 0 Å². The van der Waals surface area contributed by atoms with Gasteiger partial charge in [-0.15, -0.1) is 0 Å². The molecule has 9 aromatic rings. The highest BCUT2D eigenvalue weighted by molar-refractivity contribution is 7.92. The van der Waals surface area contributed by atoms with Crippen LogP contribution in [-0.2, 0) is 43.7 Å². The summed E-state index contributed by atoms with van der Waals surface area (Å²) in [5.41, 5.74) is 9.62. The number of benzene rings is 9. The van der Waals surface area contributed by atoms with Crippen molar-refractivity contribution in [1.82, 2.24) is 16.0 Å². The van der Waals surface area contributed by atoms with E-state index < -0.39 is 104 Å². The number of hydrogen-bond acceptors (Lipinski definition) is 12. The fraction of sp³-hybridized carbons (Fsp3) is 0.286. The number of anilines is 8. The molecule has 9 aromatic carbocycles. The van der Waals surface area contributed by atoms with E-state index in [1.807, 2.05) is 74.5 Å². The zero-order valence-electron chi connectivity index (χ0n) is 64.8. The van der Waals surface area contributed by atoms with Gasteiger partial charge in [0.05, 0.1) is 59.3 Å². The fourth-order valence-electron chi connectivity index (χ4n) is 14.1. The highest BCUT2D eigenvalue weighted by Gasteiger charge is 2.44. The summed E-state index contributed by atoms with van der Waals surface area (Å²) in [5.74, 6) is -4.95. The summed E-state index contributed by atoms with van der Waals surface area (Å²) < 4.78 is 144. The molecule has 0 radical (unpaired) electrons. The van der Waals surface area contributed by atoms with Crippen LogP contribution in [-0.4, -0.2) is 129 Å². The molecular formula is C84H89F5N11O12PS2. The maximum absolute atomic E-state index is 15.5.